The van der Waals surface area contributed by atoms with E-state index in [4.69, 9.17) is 28.7 Å². The van der Waals surface area contributed by atoms with Crippen LogP contribution in [0, 0.1) is 20.8 Å². The van der Waals surface area contributed by atoms with Crippen LogP contribution in [-0.4, -0.2) is 33.5 Å². The SMILES string of the molecule is CCOc1ccc(-c2nc(COc3cc(C)c4c(C)nn(-c5ccccc5)c4n3)c(C)o2)cc1OC. The molecule has 0 aliphatic rings. The first-order valence-corrected chi connectivity index (χ1v) is 11.8. The van der Waals surface area contributed by atoms with Gasteiger partial charge in [0.15, 0.2) is 17.1 Å². The number of para-hydroxylation sites is 1. The average Bonchev–Trinajstić information content (AvgIpc) is 3.43. The molecule has 36 heavy (non-hydrogen) atoms. The van der Waals surface area contributed by atoms with Crippen LogP contribution in [0.25, 0.3) is 28.2 Å². The van der Waals surface area contributed by atoms with E-state index in [1.807, 2.05) is 87.0 Å². The van der Waals surface area contributed by atoms with E-state index in [9.17, 15) is 0 Å². The van der Waals surface area contributed by atoms with Gasteiger partial charge in [-0.25, -0.2) is 9.67 Å². The Bertz CT molecular complexity index is 1520. The van der Waals surface area contributed by atoms with Crippen molar-refractivity contribution in [3.8, 4) is 34.5 Å². The van der Waals surface area contributed by atoms with E-state index in [2.05, 4.69) is 4.98 Å². The second-order valence-corrected chi connectivity index (χ2v) is 8.42. The lowest BCUT2D eigenvalue weighted by atomic mass is 10.2. The number of aryl methyl sites for hydroxylation is 3. The molecule has 0 bridgehead atoms. The maximum atomic E-state index is 6.09. The van der Waals surface area contributed by atoms with Gasteiger partial charge >= 0.3 is 0 Å². The summed E-state index contributed by atoms with van der Waals surface area (Å²) < 4.78 is 24.9. The number of rotatable bonds is 8. The van der Waals surface area contributed by atoms with E-state index in [1.165, 1.54) is 0 Å². The highest BCUT2D eigenvalue weighted by Gasteiger charge is 2.17. The van der Waals surface area contributed by atoms with Crippen LogP contribution in [0.3, 0.4) is 0 Å². The molecule has 0 aliphatic heterocycles. The van der Waals surface area contributed by atoms with Gasteiger partial charge in [0, 0.05) is 17.0 Å². The van der Waals surface area contributed by atoms with Gasteiger partial charge in [0.2, 0.25) is 11.8 Å². The van der Waals surface area contributed by atoms with Crippen LogP contribution in [-0.2, 0) is 6.61 Å². The number of hydrogen-bond acceptors (Lipinski definition) is 7. The molecular weight excluding hydrogens is 456 g/mol. The predicted octanol–water partition coefficient (Wildman–Crippen LogP) is 5.99. The van der Waals surface area contributed by atoms with Crippen molar-refractivity contribution in [2.45, 2.75) is 34.3 Å². The van der Waals surface area contributed by atoms with Gasteiger partial charge in [-0.2, -0.15) is 10.1 Å². The number of benzene rings is 2. The quantitative estimate of drug-likeness (QED) is 0.268. The van der Waals surface area contributed by atoms with Crippen molar-refractivity contribution >= 4 is 11.0 Å². The molecule has 0 saturated carbocycles. The number of hydrogen-bond donors (Lipinski definition) is 0. The minimum atomic E-state index is 0.222. The molecule has 8 heteroatoms. The molecule has 2 aromatic carbocycles. The minimum Gasteiger partial charge on any atom is -0.493 e. The van der Waals surface area contributed by atoms with Gasteiger partial charge in [-0.3, -0.25) is 0 Å². The average molecular weight is 485 g/mol. The fourth-order valence-corrected chi connectivity index (χ4v) is 4.20. The molecule has 0 unspecified atom stereocenters. The lowest BCUT2D eigenvalue weighted by Gasteiger charge is -2.09. The molecule has 8 nitrogen and oxygen atoms in total. The monoisotopic (exact) mass is 484 g/mol. The highest BCUT2D eigenvalue weighted by molar-refractivity contribution is 5.84. The van der Waals surface area contributed by atoms with Crippen LogP contribution in [0.5, 0.6) is 17.4 Å². The second-order valence-electron chi connectivity index (χ2n) is 8.42. The normalized spacial score (nSPS) is 11.1. The molecule has 0 N–H and O–H groups in total. The Kier molecular flexibility index (Phi) is 6.33. The Hall–Kier alpha value is -4.33. The highest BCUT2D eigenvalue weighted by atomic mass is 16.5. The van der Waals surface area contributed by atoms with Crippen molar-refractivity contribution in [1.29, 1.82) is 0 Å². The van der Waals surface area contributed by atoms with Crippen LogP contribution in [0.15, 0.2) is 59.0 Å². The topological polar surface area (TPSA) is 84.4 Å². The number of nitrogens with zero attached hydrogens (tertiary/aromatic N) is 4. The summed E-state index contributed by atoms with van der Waals surface area (Å²) in [6, 6.07) is 17.5. The third-order valence-corrected chi connectivity index (χ3v) is 5.95. The summed E-state index contributed by atoms with van der Waals surface area (Å²) in [6.45, 7) is 8.62. The number of methoxy groups -OCH3 is 1. The van der Waals surface area contributed by atoms with Gasteiger partial charge in [-0.05, 0) is 63.6 Å². The van der Waals surface area contributed by atoms with E-state index < -0.39 is 0 Å². The van der Waals surface area contributed by atoms with E-state index in [0.717, 1.165) is 33.5 Å². The molecule has 0 radical (unpaired) electrons. The Balaban J connectivity index is 1.41. The Morgan fingerprint density at radius 2 is 1.72 bits per heavy atom. The van der Waals surface area contributed by atoms with Crippen LogP contribution in [0.1, 0.15) is 29.6 Å². The first-order valence-electron chi connectivity index (χ1n) is 11.8. The molecule has 0 saturated heterocycles. The third kappa shape index (κ3) is 4.37. The third-order valence-electron chi connectivity index (χ3n) is 5.95. The Morgan fingerprint density at radius 3 is 2.47 bits per heavy atom. The van der Waals surface area contributed by atoms with Crippen LogP contribution < -0.4 is 14.2 Å². The second kappa shape index (κ2) is 9.73. The zero-order chi connectivity index (χ0) is 25.2. The van der Waals surface area contributed by atoms with E-state index in [1.54, 1.807) is 7.11 Å². The molecule has 184 valence electrons. The van der Waals surface area contributed by atoms with Crippen molar-refractivity contribution in [1.82, 2.24) is 19.7 Å². The van der Waals surface area contributed by atoms with Gasteiger partial charge in [-0.15, -0.1) is 0 Å². The van der Waals surface area contributed by atoms with Crippen LogP contribution in [0.2, 0.25) is 0 Å². The van der Waals surface area contributed by atoms with Gasteiger partial charge in [-0.1, -0.05) is 18.2 Å². The maximum Gasteiger partial charge on any atom is 0.226 e. The molecule has 0 atom stereocenters. The summed E-state index contributed by atoms with van der Waals surface area (Å²) in [6.07, 6.45) is 0. The van der Waals surface area contributed by atoms with Crippen LogP contribution >= 0.6 is 0 Å². The standard InChI is InChI=1S/C28H28N4O4/c1-6-34-23-13-12-20(15-24(23)33-5)28-29-22(19(4)36-28)16-35-25-14-17(2)26-18(3)31-32(27(26)30-25)21-10-8-7-9-11-21/h7-15H,6,16H2,1-5H3. The van der Waals surface area contributed by atoms with E-state index in [-0.39, 0.29) is 6.61 Å². The first kappa shape index (κ1) is 23.4. The fourth-order valence-electron chi connectivity index (χ4n) is 4.20. The smallest absolute Gasteiger partial charge is 0.226 e. The lowest BCUT2D eigenvalue weighted by Crippen LogP contribution is -2.02. The summed E-state index contributed by atoms with van der Waals surface area (Å²) in [4.78, 5) is 9.45. The molecule has 5 aromatic rings. The Morgan fingerprint density at radius 1 is 0.917 bits per heavy atom. The number of oxazole rings is 1. The minimum absolute atomic E-state index is 0.222. The van der Waals surface area contributed by atoms with Gasteiger partial charge in [0.25, 0.3) is 0 Å². The summed E-state index contributed by atoms with van der Waals surface area (Å²) >= 11 is 0. The molecule has 0 amide bonds. The molecule has 0 fully saturated rings. The summed E-state index contributed by atoms with van der Waals surface area (Å²) in [7, 11) is 1.61. The zero-order valence-electron chi connectivity index (χ0n) is 21.0. The maximum absolute atomic E-state index is 6.09. The Labute approximate surface area is 209 Å². The summed E-state index contributed by atoms with van der Waals surface area (Å²) in [5.74, 6) is 2.98. The van der Waals surface area contributed by atoms with Crippen molar-refractivity contribution < 1.29 is 18.6 Å². The van der Waals surface area contributed by atoms with Crippen molar-refractivity contribution in [2.24, 2.45) is 0 Å². The molecular formula is C28H28N4O4. The molecule has 3 aromatic heterocycles. The number of pyridine rings is 1. The zero-order valence-corrected chi connectivity index (χ0v) is 21.0. The highest BCUT2D eigenvalue weighted by Crippen LogP contribution is 2.33. The first-order chi connectivity index (χ1) is 17.5. The van der Waals surface area contributed by atoms with Crippen molar-refractivity contribution in [3.05, 3.63) is 77.3 Å². The molecule has 3 heterocycles. The summed E-state index contributed by atoms with van der Waals surface area (Å²) in [5, 5.41) is 5.74. The van der Waals surface area contributed by atoms with E-state index in [0.29, 0.717) is 41.3 Å². The van der Waals surface area contributed by atoms with Crippen LogP contribution in [0.4, 0.5) is 0 Å². The van der Waals surface area contributed by atoms with Crippen molar-refractivity contribution in [3.63, 3.8) is 0 Å². The number of aromatic nitrogens is 4. The van der Waals surface area contributed by atoms with Gasteiger partial charge < -0.3 is 18.6 Å². The number of fused-ring (bicyclic) bond motifs is 1. The molecule has 0 spiro atoms. The van der Waals surface area contributed by atoms with E-state index >= 15 is 0 Å². The molecule has 5 rings (SSSR count). The van der Waals surface area contributed by atoms with Gasteiger partial charge in [0.05, 0.1) is 25.1 Å². The largest absolute Gasteiger partial charge is 0.493 e. The molecule has 0 aliphatic carbocycles. The van der Waals surface area contributed by atoms with Gasteiger partial charge in [0.1, 0.15) is 18.1 Å². The predicted molar refractivity (Wildman–Crippen MR) is 137 cm³/mol. The van der Waals surface area contributed by atoms with Crippen molar-refractivity contribution in [2.75, 3.05) is 13.7 Å². The fraction of sp³-hybridized carbons (Fsp3) is 0.250. The summed E-state index contributed by atoms with van der Waals surface area (Å²) in [5.41, 5.74) is 5.17. The lowest BCUT2D eigenvalue weighted by molar-refractivity contribution is 0.288. The number of ether oxygens (including phenoxy) is 3.